The Balaban J connectivity index is 1.75. The zero-order valence-electron chi connectivity index (χ0n) is 13.4. The Morgan fingerprint density at radius 3 is 2.64 bits per heavy atom. The van der Waals surface area contributed by atoms with E-state index in [4.69, 9.17) is 0 Å². The summed E-state index contributed by atoms with van der Waals surface area (Å²) in [4.78, 5) is 25.4. The highest BCUT2D eigenvalue weighted by molar-refractivity contribution is 6.03. The van der Waals surface area contributed by atoms with Gasteiger partial charge in [0.25, 0.3) is 5.91 Å². The van der Waals surface area contributed by atoms with E-state index in [0.717, 1.165) is 17.3 Å². The lowest BCUT2D eigenvalue weighted by atomic mass is 10.1. The van der Waals surface area contributed by atoms with Gasteiger partial charge in [0.2, 0.25) is 5.91 Å². The first kappa shape index (κ1) is 17.0. The quantitative estimate of drug-likeness (QED) is 0.926. The Bertz CT molecular complexity index is 846. The third kappa shape index (κ3) is 3.35. The molecule has 2 aromatic rings. The normalized spacial score (nSPS) is 13.8. The van der Waals surface area contributed by atoms with Crippen LogP contribution in [0.15, 0.2) is 42.5 Å². The number of rotatable bonds is 3. The first-order valence-electron chi connectivity index (χ1n) is 7.60. The fourth-order valence-corrected chi connectivity index (χ4v) is 2.84. The molecule has 1 aliphatic heterocycles. The lowest BCUT2D eigenvalue weighted by molar-refractivity contribution is -0.138. The minimum atomic E-state index is -4.47. The largest absolute Gasteiger partial charge is 0.416 e. The van der Waals surface area contributed by atoms with E-state index in [-0.39, 0.29) is 24.4 Å². The van der Waals surface area contributed by atoms with Crippen LogP contribution in [0.3, 0.4) is 0 Å². The number of carbonyl (C=O) groups excluding carboxylic acids is 2. The second-order valence-electron chi connectivity index (χ2n) is 5.81. The van der Waals surface area contributed by atoms with Crippen LogP contribution in [-0.2, 0) is 23.9 Å². The van der Waals surface area contributed by atoms with Gasteiger partial charge < -0.3 is 10.2 Å². The maximum Gasteiger partial charge on any atom is 0.416 e. The molecule has 130 valence electrons. The minimum Gasteiger partial charge on any atom is -0.348 e. The lowest BCUT2D eigenvalue weighted by Gasteiger charge is -2.14. The van der Waals surface area contributed by atoms with Gasteiger partial charge in [-0.3, -0.25) is 9.59 Å². The Morgan fingerprint density at radius 1 is 1.20 bits per heavy atom. The summed E-state index contributed by atoms with van der Waals surface area (Å²) in [5.74, 6) is -0.548. The van der Waals surface area contributed by atoms with Crippen molar-refractivity contribution in [2.24, 2.45) is 0 Å². The molecule has 0 fully saturated rings. The van der Waals surface area contributed by atoms with Crippen molar-refractivity contribution in [2.75, 3.05) is 11.9 Å². The van der Waals surface area contributed by atoms with Crippen molar-refractivity contribution in [1.29, 1.82) is 0 Å². The number of anilines is 1. The van der Waals surface area contributed by atoms with Crippen LogP contribution in [-0.4, -0.2) is 18.9 Å². The number of likely N-dealkylation sites (N-methyl/N-ethyl adjacent to an activating group) is 1. The van der Waals surface area contributed by atoms with Crippen LogP contribution in [0, 0.1) is 0 Å². The van der Waals surface area contributed by atoms with Crippen molar-refractivity contribution in [3.8, 4) is 0 Å². The second-order valence-corrected chi connectivity index (χ2v) is 5.81. The van der Waals surface area contributed by atoms with E-state index in [9.17, 15) is 22.8 Å². The third-order valence-electron chi connectivity index (χ3n) is 4.18. The van der Waals surface area contributed by atoms with Gasteiger partial charge in [0.05, 0.1) is 12.0 Å². The fourth-order valence-electron chi connectivity index (χ4n) is 2.84. The van der Waals surface area contributed by atoms with Gasteiger partial charge in [-0.15, -0.1) is 0 Å². The van der Waals surface area contributed by atoms with E-state index in [1.54, 1.807) is 25.2 Å². The number of hydrogen-bond donors (Lipinski definition) is 1. The number of alkyl halides is 3. The average Bonchev–Trinajstić information content (AvgIpc) is 2.86. The van der Waals surface area contributed by atoms with Crippen molar-refractivity contribution < 1.29 is 22.8 Å². The van der Waals surface area contributed by atoms with Crippen LogP contribution in [0.1, 0.15) is 27.0 Å². The highest BCUT2D eigenvalue weighted by Crippen LogP contribution is 2.32. The number of nitrogens with zero attached hydrogens (tertiary/aromatic N) is 1. The van der Waals surface area contributed by atoms with Crippen molar-refractivity contribution in [1.82, 2.24) is 5.32 Å². The molecule has 25 heavy (non-hydrogen) atoms. The van der Waals surface area contributed by atoms with Gasteiger partial charge in [0.15, 0.2) is 0 Å². The molecule has 7 heteroatoms. The number of benzene rings is 2. The molecule has 0 aliphatic carbocycles. The van der Waals surface area contributed by atoms with Gasteiger partial charge in [-0.25, -0.2) is 0 Å². The minimum absolute atomic E-state index is 0.000536. The molecule has 0 spiro atoms. The van der Waals surface area contributed by atoms with Crippen LogP contribution < -0.4 is 10.2 Å². The number of halogens is 3. The molecular formula is C18H15F3N2O2. The second kappa shape index (κ2) is 6.23. The van der Waals surface area contributed by atoms with Crippen molar-refractivity contribution >= 4 is 17.5 Å². The molecular weight excluding hydrogens is 333 g/mol. The smallest absolute Gasteiger partial charge is 0.348 e. The summed E-state index contributed by atoms with van der Waals surface area (Å²) < 4.78 is 38.9. The maximum absolute atomic E-state index is 13.0. The molecule has 4 nitrogen and oxygen atoms in total. The molecule has 0 saturated carbocycles. The SMILES string of the molecule is CN1C(=O)Cc2cc(C(=O)NCc3ccccc3C(F)(F)F)ccc21. The van der Waals surface area contributed by atoms with Gasteiger partial charge in [0.1, 0.15) is 0 Å². The van der Waals surface area contributed by atoms with Crippen LogP contribution in [0.25, 0.3) is 0 Å². The third-order valence-corrected chi connectivity index (χ3v) is 4.18. The predicted octanol–water partition coefficient (Wildman–Crippen LogP) is 3.15. The van der Waals surface area contributed by atoms with E-state index < -0.39 is 17.6 Å². The van der Waals surface area contributed by atoms with E-state index in [0.29, 0.717) is 5.56 Å². The Hall–Kier alpha value is -2.83. The molecule has 0 bridgehead atoms. The first-order valence-corrected chi connectivity index (χ1v) is 7.60. The Morgan fingerprint density at radius 2 is 1.92 bits per heavy atom. The van der Waals surface area contributed by atoms with Crippen molar-refractivity contribution in [3.63, 3.8) is 0 Å². The molecule has 0 saturated heterocycles. The van der Waals surface area contributed by atoms with Crippen molar-refractivity contribution in [3.05, 3.63) is 64.7 Å². The summed E-state index contributed by atoms with van der Waals surface area (Å²) in [6, 6.07) is 9.94. The standard InChI is InChI=1S/C18H15F3N2O2/c1-23-15-7-6-11(8-13(15)9-16(23)24)17(25)22-10-12-4-2-3-5-14(12)18(19,20)21/h2-8H,9-10H2,1H3,(H,22,25). The van der Waals surface area contributed by atoms with E-state index in [1.807, 2.05) is 0 Å². The van der Waals surface area contributed by atoms with Crippen LogP contribution in [0.4, 0.5) is 18.9 Å². The summed E-state index contributed by atoms with van der Waals surface area (Å²) >= 11 is 0. The molecule has 2 amide bonds. The Labute approximate surface area is 142 Å². The van der Waals surface area contributed by atoms with Gasteiger partial charge in [-0.05, 0) is 35.4 Å². The topological polar surface area (TPSA) is 49.4 Å². The molecule has 0 atom stereocenters. The molecule has 2 aromatic carbocycles. The molecule has 0 unspecified atom stereocenters. The highest BCUT2D eigenvalue weighted by Gasteiger charge is 2.33. The number of carbonyl (C=O) groups is 2. The molecule has 3 rings (SSSR count). The monoisotopic (exact) mass is 348 g/mol. The van der Waals surface area contributed by atoms with Gasteiger partial charge in [-0.1, -0.05) is 18.2 Å². The van der Waals surface area contributed by atoms with E-state index in [2.05, 4.69) is 5.32 Å². The van der Waals surface area contributed by atoms with Gasteiger partial charge in [-0.2, -0.15) is 13.2 Å². The maximum atomic E-state index is 13.0. The number of amides is 2. The lowest BCUT2D eigenvalue weighted by Crippen LogP contribution is -2.24. The van der Waals surface area contributed by atoms with Crippen LogP contribution in [0.2, 0.25) is 0 Å². The molecule has 0 radical (unpaired) electrons. The van der Waals surface area contributed by atoms with E-state index in [1.165, 1.54) is 23.1 Å². The van der Waals surface area contributed by atoms with Crippen LogP contribution >= 0.6 is 0 Å². The Kier molecular flexibility index (Phi) is 4.24. The summed E-state index contributed by atoms with van der Waals surface area (Å²) in [7, 11) is 1.65. The van der Waals surface area contributed by atoms with E-state index >= 15 is 0 Å². The molecule has 0 aromatic heterocycles. The molecule has 1 N–H and O–H groups in total. The highest BCUT2D eigenvalue weighted by atomic mass is 19.4. The number of hydrogen-bond acceptors (Lipinski definition) is 2. The summed E-state index contributed by atoms with van der Waals surface area (Å²) in [6.45, 7) is -0.232. The predicted molar refractivity (Wildman–Crippen MR) is 86.2 cm³/mol. The number of nitrogens with one attached hydrogen (secondary N) is 1. The van der Waals surface area contributed by atoms with Crippen molar-refractivity contribution in [2.45, 2.75) is 19.1 Å². The molecule has 1 aliphatic rings. The summed E-state index contributed by atoms with van der Waals surface area (Å²) in [5.41, 5.74) is 1.02. The van der Waals surface area contributed by atoms with Crippen LogP contribution in [0.5, 0.6) is 0 Å². The van der Waals surface area contributed by atoms with Gasteiger partial charge in [0, 0.05) is 24.8 Å². The zero-order chi connectivity index (χ0) is 18.2. The first-order chi connectivity index (χ1) is 11.8. The zero-order valence-corrected chi connectivity index (χ0v) is 13.4. The van der Waals surface area contributed by atoms with Gasteiger partial charge >= 0.3 is 6.18 Å². The summed E-state index contributed by atoms with van der Waals surface area (Å²) in [5, 5.41) is 2.50. The summed E-state index contributed by atoms with van der Waals surface area (Å²) in [6.07, 6.45) is -4.26. The molecule has 1 heterocycles. The average molecular weight is 348 g/mol. The number of fused-ring (bicyclic) bond motifs is 1. The fraction of sp³-hybridized carbons (Fsp3) is 0.222.